The fourth-order valence-corrected chi connectivity index (χ4v) is 3.91. The zero-order valence-electron chi connectivity index (χ0n) is 18.8. The molecule has 1 aliphatic rings. The largest absolute Gasteiger partial charge is 0.481 e. The van der Waals surface area contributed by atoms with Crippen molar-refractivity contribution in [2.24, 2.45) is 0 Å². The van der Waals surface area contributed by atoms with Crippen molar-refractivity contribution < 1.29 is 14.7 Å². The smallest absolute Gasteiger partial charge is 0.303 e. The lowest BCUT2D eigenvalue weighted by Gasteiger charge is -2.30. The molecule has 2 N–H and O–H groups in total. The predicted octanol–water partition coefficient (Wildman–Crippen LogP) is 3.90. The summed E-state index contributed by atoms with van der Waals surface area (Å²) >= 11 is 0. The Bertz CT molecular complexity index is 426. The monoisotopic (exact) mass is 411 g/mol. The Morgan fingerprint density at radius 1 is 0.828 bits per heavy atom. The highest BCUT2D eigenvalue weighted by Gasteiger charge is 2.18. The molecule has 0 atom stereocenters. The molecule has 0 aromatic heterocycles. The minimum Gasteiger partial charge on any atom is -0.481 e. The first kappa shape index (κ1) is 25.9. The van der Waals surface area contributed by atoms with Gasteiger partial charge in [0.15, 0.2) is 0 Å². The molecule has 0 saturated carbocycles. The number of hydrogen-bond acceptors (Lipinski definition) is 4. The summed E-state index contributed by atoms with van der Waals surface area (Å²) in [5.74, 6) is -0.423. The van der Waals surface area contributed by atoms with Crippen molar-refractivity contribution in [1.29, 1.82) is 0 Å². The predicted molar refractivity (Wildman–Crippen MR) is 119 cm³/mol. The average Bonchev–Trinajstić information content (AvgIpc) is 2.72. The van der Waals surface area contributed by atoms with E-state index in [1.807, 2.05) is 4.90 Å². The first-order chi connectivity index (χ1) is 14.1. The van der Waals surface area contributed by atoms with E-state index >= 15 is 0 Å². The van der Waals surface area contributed by atoms with Crippen molar-refractivity contribution in [1.82, 2.24) is 15.1 Å². The second kappa shape index (κ2) is 17.7. The van der Waals surface area contributed by atoms with Crippen LogP contribution in [0.2, 0.25) is 0 Å². The number of piperazine rings is 1. The Hall–Kier alpha value is -1.14. The van der Waals surface area contributed by atoms with Gasteiger partial charge >= 0.3 is 5.97 Å². The number of nitrogens with one attached hydrogen (secondary N) is 1. The summed E-state index contributed by atoms with van der Waals surface area (Å²) in [4.78, 5) is 27.6. The van der Waals surface area contributed by atoms with Crippen LogP contribution in [0.1, 0.15) is 90.4 Å². The fourth-order valence-electron chi connectivity index (χ4n) is 3.91. The van der Waals surface area contributed by atoms with E-state index in [0.717, 1.165) is 71.4 Å². The van der Waals surface area contributed by atoms with Crippen LogP contribution in [0, 0.1) is 0 Å². The zero-order valence-corrected chi connectivity index (χ0v) is 18.8. The van der Waals surface area contributed by atoms with Crippen LogP contribution >= 0.6 is 0 Å². The standard InChI is InChI=1S/C23H45N3O3/c1-2-3-4-5-6-9-12-17-25(18-13-10-7-8-11-14-23(28)29)21-22(27)26-19-15-24-16-20-26/h24H,2-21H2,1H3,(H,28,29). The number of rotatable bonds is 18. The Labute approximate surface area is 178 Å². The number of aliphatic carboxylic acids is 1. The van der Waals surface area contributed by atoms with E-state index in [2.05, 4.69) is 17.1 Å². The average molecular weight is 412 g/mol. The number of amides is 1. The SMILES string of the molecule is CCCCCCCCCN(CCCCCCCC(=O)O)CC(=O)N1CCNCC1. The lowest BCUT2D eigenvalue weighted by atomic mass is 10.1. The fraction of sp³-hybridized carbons (Fsp3) is 0.913. The number of carboxylic acid groups (broad SMARTS) is 1. The molecular weight excluding hydrogens is 366 g/mol. The van der Waals surface area contributed by atoms with Crippen molar-refractivity contribution in [2.75, 3.05) is 45.8 Å². The molecule has 1 amide bonds. The molecule has 0 aromatic carbocycles. The van der Waals surface area contributed by atoms with E-state index in [-0.39, 0.29) is 12.3 Å². The summed E-state index contributed by atoms with van der Waals surface area (Å²) < 4.78 is 0. The van der Waals surface area contributed by atoms with Gasteiger partial charge in [0.2, 0.25) is 5.91 Å². The number of carboxylic acids is 1. The lowest BCUT2D eigenvalue weighted by Crippen LogP contribution is -2.49. The first-order valence-electron chi connectivity index (χ1n) is 12.1. The molecule has 0 aliphatic carbocycles. The van der Waals surface area contributed by atoms with Gasteiger partial charge in [0.25, 0.3) is 0 Å². The maximum absolute atomic E-state index is 12.7. The van der Waals surface area contributed by atoms with Crippen LogP contribution in [0.15, 0.2) is 0 Å². The van der Waals surface area contributed by atoms with Crippen LogP contribution in [0.4, 0.5) is 0 Å². The Balaban J connectivity index is 2.25. The van der Waals surface area contributed by atoms with Gasteiger partial charge in [-0.05, 0) is 32.4 Å². The van der Waals surface area contributed by atoms with Crippen LogP contribution < -0.4 is 5.32 Å². The highest BCUT2D eigenvalue weighted by molar-refractivity contribution is 5.78. The molecule has 1 heterocycles. The molecule has 0 unspecified atom stereocenters. The molecule has 0 radical (unpaired) electrons. The van der Waals surface area contributed by atoms with E-state index in [1.165, 1.54) is 44.9 Å². The molecule has 6 nitrogen and oxygen atoms in total. The van der Waals surface area contributed by atoms with Crippen LogP contribution in [0.3, 0.4) is 0 Å². The van der Waals surface area contributed by atoms with Gasteiger partial charge in [-0.25, -0.2) is 0 Å². The Kier molecular flexibility index (Phi) is 15.8. The lowest BCUT2D eigenvalue weighted by molar-refractivity contribution is -0.137. The molecule has 0 spiro atoms. The molecule has 0 aromatic rings. The molecule has 1 fully saturated rings. The highest BCUT2D eigenvalue weighted by atomic mass is 16.4. The topological polar surface area (TPSA) is 72.9 Å². The van der Waals surface area contributed by atoms with Gasteiger partial charge in [-0.1, -0.05) is 64.7 Å². The van der Waals surface area contributed by atoms with E-state index in [0.29, 0.717) is 6.54 Å². The van der Waals surface area contributed by atoms with Crippen molar-refractivity contribution in [2.45, 2.75) is 90.4 Å². The maximum atomic E-state index is 12.7. The summed E-state index contributed by atoms with van der Waals surface area (Å²) in [7, 11) is 0. The molecule has 1 saturated heterocycles. The van der Waals surface area contributed by atoms with Crippen molar-refractivity contribution in [3.8, 4) is 0 Å². The summed E-state index contributed by atoms with van der Waals surface area (Å²) in [6.45, 7) is 8.26. The van der Waals surface area contributed by atoms with Crippen LogP contribution in [0.25, 0.3) is 0 Å². The highest BCUT2D eigenvalue weighted by Crippen LogP contribution is 2.10. The molecule has 170 valence electrons. The van der Waals surface area contributed by atoms with Crippen molar-refractivity contribution in [3.05, 3.63) is 0 Å². The van der Waals surface area contributed by atoms with E-state index < -0.39 is 5.97 Å². The third-order valence-corrected chi connectivity index (χ3v) is 5.77. The summed E-state index contributed by atoms with van der Waals surface area (Å²) in [5, 5.41) is 12.0. The Morgan fingerprint density at radius 3 is 1.90 bits per heavy atom. The number of carbonyl (C=O) groups is 2. The van der Waals surface area contributed by atoms with E-state index in [4.69, 9.17) is 5.11 Å². The van der Waals surface area contributed by atoms with Crippen LogP contribution in [-0.4, -0.2) is 72.6 Å². The quantitative estimate of drug-likeness (QED) is 0.335. The van der Waals surface area contributed by atoms with Gasteiger partial charge in [0.05, 0.1) is 6.54 Å². The van der Waals surface area contributed by atoms with Gasteiger partial charge in [-0.2, -0.15) is 0 Å². The van der Waals surface area contributed by atoms with Crippen LogP contribution in [0.5, 0.6) is 0 Å². The summed E-state index contributed by atoms with van der Waals surface area (Å²) in [6.07, 6.45) is 14.4. The van der Waals surface area contributed by atoms with Crippen molar-refractivity contribution in [3.63, 3.8) is 0 Å². The zero-order chi connectivity index (χ0) is 21.2. The van der Waals surface area contributed by atoms with Gasteiger partial charge in [-0.3, -0.25) is 14.5 Å². The molecule has 0 bridgehead atoms. The molecule has 6 heteroatoms. The van der Waals surface area contributed by atoms with Gasteiger partial charge < -0.3 is 15.3 Å². The molecule has 29 heavy (non-hydrogen) atoms. The van der Waals surface area contributed by atoms with E-state index in [1.54, 1.807) is 0 Å². The van der Waals surface area contributed by atoms with E-state index in [9.17, 15) is 9.59 Å². The second-order valence-corrected chi connectivity index (χ2v) is 8.44. The third kappa shape index (κ3) is 14.5. The number of unbranched alkanes of at least 4 members (excludes halogenated alkanes) is 10. The van der Waals surface area contributed by atoms with Gasteiger partial charge in [-0.15, -0.1) is 0 Å². The molecule has 1 rings (SSSR count). The normalized spacial score (nSPS) is 14.5. The second-order valence-electron chi connectivity index (χ2n) is 8.44. The van der Waals surface area contributed by atoms with Gasteiger partial charge in [0, 0.05) is 32.6 Å². The summed E-state index contributed by atoms with van der Waals surface area (Å²) in [6, 6.07) is 0. The molecule has 1 aliphatic heterocycles. The maximum Gasteiger partial charge on any atom is 0.303 e. The minimum atomic E-state index is -0.697. The summed E-state index contributed by atoms with van der Waals surface area (Å²) in [5.41, 5.74) is 0. The molecular formula is C23H45N3O3. The number of hydrogen-bond donors (Lipinski definition) is 2. The number of nitrogens with zero attached hydrogens (tertiary/aromatic N) is 2. The first-order valence-corrected chi connectivity index (χ1v) is 12.1. The van der Waals surface area contributed by atoms with Crippen LogP contribution in [-0.2, 0) is 9.59 Å². The Morgan fingerprint density at radius 2 is 1.34 bits per heavy atom. The van der Waals surface area contributed by atoms with Gasteiger partial charge in [0.1, 0.15) is 0 Å². The number of carbonyl (C=O) groups excluding carboxylic acids is 1. The third-order valence-electron chi connectivity index (χ3n) is 5.77. The van der Waals surface area contributed by atoms with Crippen molar-refractivity contribution >= 4 is 11.9 Å². The minimum absolute atomic E-state index is 0.274.